The Balaban J connectivity index is 0.00000196. The van der Waals surface area contributed by atoms with E-state index in [-0.39, 0.29) is 24.0 Å². The second-order valence-electron chi connectivity index (χ2n) is 4.49. The van der Waals surface area contributed by atoms with Crippen LogP contribution in [0.3, 0.4) is 0 Å². The maximum absolute atomic E-state index is 4.56. The average Bonchev–Trinajstić information content (AvgIpc) is 2.02. The molecular weight excluding hydrogens is 299 g/mol. The Labute approximate surface area is 110 Å². The van der Waals surface area contributed by atoms with Gasteiger partial charge in [-0.1, -0.05) is 34.9 Å². The molecule has 0 aliphatic carbocycles. The zero-order valence-electron chi connectivity index (χ0n) is 10.1. The average molecular weight is 318 g/mol. The monoisotopic (exact) mass is 318 g/mol. The molecule has 0 saturated carbocycles. The lowest BCUT2D eigenvalue weighted by Gasteiger charge is -2.16. The molecule has 1 rings (SSSR count). The van der Waals surface area contributed by atoms with Crippen LogP contribution in [0.4, 0.5) is 0 Å². The molecule has 0 radical (unpaired) electrons. The molecule has 0 unspecified atom stereocenters. The Kier molecular flexibility index (Phi) is 5.45. The van der Waals surface area contributed by atoms with E-state index >= 15 is 0 Å². The highest BCUT2D eigenvalue weighted by atomic mass is 127. The molecule has 0 bridgehead atoms. The van der Waals surface area contributed by atoms with Crippen LogP contribution in [0.2, 0.25) is 0 Å². The molecule has 1 aromatic rings. The Morgan fingerprint density at radius 2 is 1.53 bits per heavy atom. The van der Waals surface area contributed by atoms with Crippen molar-refractivity contribution < 1.29 is 28.6 Å². The second kappa shape index (κ2) is 5.61. The van der Waals surface area contributed by atoms with Gasteiger partial charge in [-0.25, -0.2) is 4.59 Å². The van der Waals surface area contributed by atoms with Crippen molar-refractivity contribution in [1.82, 2.24) is 0 Å². The third-order valence-electron chi connectivity index (χ3n) is 1.92. The van der Waals surface area contributed by atoms with Crippen molar-refractivity contribution in [3.63, 3.8) is 0 Å². The van der Waals surface area contributed by atoms with Crippen LogP contribution in [0.1, 0.15) is 18.1 Å². The molecule has 15 heavy (non-hydrogen) atoms. The minimum atomic E-state index is 0. The topological polar surface area (TPSA) is 12.4 Å². The lowest BCUT2D eigenvalue weighted by Crippen LogP contribution is -3.00. The van der Waals surface area contributed by atoms with Gasteiger partial charge in [-0.2, -0.15) is 0 Å². The molecule has 0 fully saturated rings. The van der Waals surface area contributed by atoms with Gasteiger partial charge in [0.2, 0.25) is 0 Å². The fourth-order valence-electron chi connectivity index (χ4n) is 1.30. The van der Waals surface area contributed by atoms with Crippen molar-refractivity contribution in [2.45, 2.75) is 13.8 Å². The first-order chi connectivity index (χ1) is 6.38. The Morgan fingerprint density at radius 1 is 1.07 bits per heavy atom. The minimum Gasteiger partial charge on any atom is -1.00 e. The zero-order chi connectivity index (χ0) is 10.8. The summed E-state index contributed by atoms with van der Waals surface area (Å²) in [5.74, 6) is 0. The molecule has 0 atom stereocenters. The molecule has 0 N–H and O–H groups in total. The van der Waals surface area contributed by atoms with Crippen LogP contribution in [0.25, 0.3) is 0 Å². The van der Waals surface area contributed by atoms with E-state index in [2.05, 4.69) is 57.4 Å². The summed E-state index contributed by atoms with van der Waals surface area (Å²) >= 11 is 0. The summed E-state index contributed by atoms with van der Waals surface area (Å²) in [6, 6.07) is 8.46. The molecule has 3 heteroatoms. The molecule has 0 aliphatic rings. The quantitative estimate of drug-likeness (QED) is 0.300. The molecule has 0 spiro atoms. The number of hydrogen-bond acceptors (Lipinski definition) is 1. The molecular formula is C12H19IN2. The maximum atomic E-state index is 4.56. The van der Waals surface area contributed by atoms with Crippen molar-refractivity contribution in [1.29, 1.82) is 0 Å². The van der Waals surface area contributed by atoms with Crippen LogP contribution in [0, 0.1) is 6.92 Å². The number of hydrogen-bond donors (Lipinski definition) is 0. The van der Waals surface area contributed by atoms with Gasteiger partial charge < -0.3 is 24.0 Å². The predicted octanol–water partition coefficient (Wildman–Crippen LogP) is -0.571. The highest BCUT2D eigenvalue weighted by molar-refractivity contribution is 5.98. The third-order valence-corrected chi connectivity index (χ3v) is 1.92. The largest absolute Gasteiger partial charge is 1.00 e. The van der Waals surface area contributed by atoms with Gasteiger partial charge in [-0.15, -0.1) is 0 Å². The van der Waals surface area contributed by atoms with Gasteiger partial charge >= 0.3 is 0 Å². The minimum absolute atomic E-state index is 0. The number of rotatable bonds is 2. The molecule has 1 aromatic carbocycles. The lowest BCUT2D eigenvalue weighted by atomic mass is 10.1. The van der Waals surface area contributed by atoms with Gasteiger partial charge in [0.1, 0.15) is 0 Å². The van der Waals surface area contributed by atoms with Gasteiger partial charge in [-0.3, -0.25) is 0 Å². The number of nitrogens with zero attached hydrogens (tertiary/aromatic N) is 2. The standard InChI is InChI=1S/C12H19N2.HI/c1-10-6-8-12(9-7-10)11(2)13-14(3,4)5;/h6-9H,1-5H3;1H/q+1;/p-1. The fraction of sp³-hybridized carbons (Fsp3) is 0.417. The van der Waals surface area contributed by atoms with E-state index < -0.39 is 0 Å². The molecule has 0 aromatic heterocycles. The van der Waals surface area contributed by atoms with Crippen LogP contribution in [-0.4, -0.2) is 31.4 Å². The van der Waals surface area contributed by atoms with Crippen molar-refractivity contribution in [2.75, 3.05) is 21.1 Å². The maximum Gasteiger partial charge on any atom is 0.0999 e. The van der Waals surface area contributed by atoms with Crippen LogP contribution in [-0.2, 0) is 0 Å². The van der Waals surface area contributed by atoms with Crippen molar-refractivity contribution >= 4 is 5.71 Å². The molecule has 0 saturated heterocycles. The van der Waals surface area contributed by atoms with E-state index in [9.17, 15) is 0 Å². The molecule has 0 aliphatic heterocycles. The highest BCUT2D eigenvalue weighted by Crippen LogP contribution is 2.06. The number of benzene rings is 1. The number of aryl methyl sites for hydroxylation is 1. The molecule has 84 valence electrons. The van der Waals surface area contributed by atoms with Crippen molar-refractivity contribution in [3.8, 4) is 0 Å². The summed E-state index contributed by atoms with van der Waals surface area (Å²) in [7, 11) is 6.16. The number of quaternary nitrogens is 1. The van der Waals surface area contributed by atoms with E-state index in [1.165, 1.54) is 11.1 Å². The fourth-order valence-corrected chi connectivity index (χ4v) is 1.30. The normalized spacial score (nSPS) is 12.2. The first kappa shape index (κ1) is 14.6. The Bertz CT molecular complexity index is 334. The van der Waals surface area contributed by atoms with E-state index in [1.807, 2.05) is 6.92 Å². The van der Waals surface area contributed by atoms with Gasteiger partial charge in [0.05, 0.1) is 26.9 Å². The van der Waals surface area contributed by atoms with Crippen LogP contribution in [0.15, 0.2) is 29.4 Å². The van der Waals surface area contributed by atoms with Gasteiger partial charge in [0, 0.05) is 5.56 Å². The zero-order valence-corrected chi connectivity index (χ0v) is 12.2. The van der Waals surface area contributed by atoms with Crippen molar-refractivity contribution in [2.24, 2.45) is 5.10 Å². The third kappa shape index (κ3) is 5.28. The summed E-state index contributed by atoms with van der Waals surface area (Å²) in [6.07, 6.45) is 0. The summed E-state index contributed by atoms with van der Waals surface area (Å²) in [4.78, 5) is 0. The summed E-state index contributed by atoms with van der Waals surface area (Å²) in [5, 5.41) is 4.56. The molecule has 0 heterocycles. The predicted molar refractivity (Wildman–Crippen MR) is 61.4 cm³/mol. The van der Waals surface area contributed by atoms with Crippen molar-refractivity contribution in [3.05, 3.63) is 35.4 Å². The Morgan fingerprint density at radius 3 is 1.93 bits per heavy atom. The summed E-state index contributed by atoms with van der Waals surface area (Å²) in [5.41, 5.74) is 3.56. The number of halogens is 1. The molecule has 2 nitrogen and oxygen atoms in total. The first-order valence-corrected chi connectivity index (χ1v) is 4.84. The van der Waals surface area contributed by atoms with Crippen LogP contribution >= 0.6 is 0 Å². The van der Waals surface area contributed by atoms with E-state index in [0.29, 0.717) is 4.59 Å². The van der Waals surface area contributed by atoms with Gasteiger partial charge in [0.25, 0.3) is 0 Å². The summed E-state index contributed by atoms with van der Waals surface area (Å²) < 4.78 is 0.611. The van der Waals surface area contributed by atoms with E-state index in [1.54, 1.807) is 0 Å². The van der Waals surface area contributed by atoms with Crippen LogP contribution in [0.5, 0.6) is 0 Å². The van der Waals surface area contributed by atoms with Gasteiger partial charge in [0.15, 0.2) is 0 Å². The first-order valence-electron chi connectivity index (χ1n) is 4.84. The molecule has 0 amide bonds. The lowest BCUT2D eigenvalue weighted by molar-refractivity contribution is -0.877. The Hall–Kier alpha value is -0.420. The summed E-state index contributed by atoms with van der Waals surface area (Å²) in [6.45, 7) is 4.14. The SMILES string of the molecule is CC(=N[N+](C)(C)C)c1ccc(C)cc1.[I-]. The highest BCUT2D eigenvalue weighted by Gasteiger charge is 2.06. The van der Waals surface area contributed by atoms with Gasteiger partial charge in [-0.05, 0) is 13.8 Å². The second-order valence-corrected chi connectivity index (χ2v) is 4.49. The smallest absolute Gasteiger partial charge is 0.0999 e. The van der Waals surface area contributed by atoms with Crippen LogP contribution < -0.4 is 24.0 Å². The van der Waals surface area contributed by atoms with E-state index in [0.717, 1.165) is 5.71 Å². The van der Waals surface area contributed by atoms with E-state index in [4.69, 9.17) is 0 Å².